The quantitative estimate of drug-likeness (QED) is 0.655. The highest BCUT2D eigenvalue weighted by molar-refractivity contribution is 5.72. The molecule has 2 aliphatic rings. The van der Waals surface area contributed by atoms with Gasteiger partial charge in [0.05, 0.1) is 13.2 Å². The lowest BCUT2D eigenvalue weighted by Gasteiger charge is -2.40. The second kappa shape index (κ2) is 8.96. The van der Waals surface area contributed by atoms with E-state index in [9.17, 15) is 9.90 Å². The number of hydrogen-bond acceptors (Lipinski definition) is 4. The predicted molar refractivity (Wildman–Crippen MR) is 106 cm³/mol. The number of carboxylic acids is 1. The van der Waals surface area contributed by atoms with Crippen LogP contribution in [0.5, 0.6) is 11.5 Å². The van der Waals surface area contributed by atoms with Gasteiger partial charge in [0.15, 0.2) is 0 Å². The van der Waals surface area contributed by atoms with Gasteiger partial charge in [0, 0.05) is 11.0 Å². The van der Waals surface area contributed by atoms with Crippen LogP contribution in [0.25, 0.3) is 0 Å². The Balaban J connectivity index is 1.58. The Morgan fingerprint density at radius 2 is 2.00 bits per heavy atom. The van der Waals surface area contributed by atoms with Crippen LogP contribution in [0.1, 0.15) is 64.4 Å². The summed E-state index contributed by atoms with van der Waals surface area (Å²) in [5, 5.41) is 9.25. The van der Waals surface area contributed by atoms with E-state index in [4.69, 9.17) is 9.47 Å². The zero-order valence-corrected chi connectivity index (χ0v) is 16.7. The van der Waals surface area contributed by atoms with Crippen LogP contribution in [0.3, 0.4) is 0 Å². The maximum atomic E-state index is 11.3. The zero-order chi connectivity index (χ0) is 19.3. The first-order valence-corrected chi connectivity index (χ1v) is 10.4. The highest BCUT2D eigenvalue weighted by Crippen LogP contribution is 2.47. The molecule has 1 unspecified atom stereocenters. The van der Waals surface area contributed by atoms with Crippen LogP contribution in [-0.2, 0) is 10.2 Å². The average molecular weight is 376 g/mol. The molecule has 1 spiro atoms. The first kappa shape index (κ1) is 20.0. The molecule has 1 fully saturated rings. The van der Waals surface area contributed by atoms with Gasteiger partial charge in [-0.1, -0.05) is 32.6 Å². The number of hydrogen-bond donors (Lipinski definition) is 1. The number of rotatable bonds is 9. The van der Waals surface area contributed by atoms with Gasteiger partial charge in [-0.3, -0.25) is 9.69 Å². The smallest absolute Gasteiger partial charge is 0.320 e. The van der Waals surface area contributed by atoms with Crippen molar-refractivity contribution in [1.82, 2.24) is 4.90 Å². The SMILES string of the molecule is CCCCCCCOc1ccc2c(c1)C1(CCN(C(C)C(=O)O)CC1)CO2. The van der Waals surface area contributed by atoms with Crippen molar-refractivity contribution < 1.29 is 19.4 Å². The number of benzene rings is 1. The van der Waals surface area contributed by atoms with E-state index in [0.29, 0.717) is 6.61 Å². The lowest BCUT2D eigenvalue weighted by Crippen LogP contribution is -2.49. The Labute approximate surface area is 162 Å². The molecule has 5 nitrogen and oxygen atoms in total. The van der Waals surface area contributed by atoms with Crippen LogP contribution >= 0.6 is 0 Å². The van der Waals surface area contributed by atoms with E-state index in [1.807, 2.05) is 12.1 Å². The topological polar surface area (TPSA) is 59.0 Å². The second-order valence-electron chi connectivity index (χ2n) is 8.04. The van der Waals surface area contributed by atoms with Gasteiger partial charge in [0.25, 0.3) is 0 Å². The molecule has 2 heterocycles. The molecule has 1 aromatic carbocycles. The van der Waals surface area contributed by atoms with Crippen LogP contribution in [0.15, 0.2) is 18.2 Å². The fourth-order valence-electron chi connectivity index (χ4n) is 4.24. The van der Waals surface area contributed by atoms with Gasteiger partial charge in [0.1, 0.15) is 17.5 Å². The van der Waals surface area contributed by atoms with Crippen LogP contribution in [0.4, 0.5) is 0 Å². The molecule has 1 atom stereocenters. The number of carboxylic acid groups (broad SMARTS) is 1. The largest absolute Gasteiger partial charge is 0.494 e. The molecule has 0 aliphatic carbocycles. The first-order chi connectivity index (χ1) is 13.1. The molecule has 1 aromatic rings. The molecule has 150 valence electrons. The first-order valence-electron chi connectivity index (χ1n) is 10.4. The number of nitrogens with zero attached hydrogens (tertiary/aromatic N) is 1. The van der Waals surface area contributed by atoms with Crippen molar-refractivity contribution in [1.29, 1.82) is 0 Å². The maximum absolute atomic E-state index is 11.3. The van der Waals surface area contributed by atoms with Crippen molar-refractivity contribution in [3.05, 3.63) is 23.8 Å². The van der Waals surface area contributed by atoms with E-state index in [2.05, 4.69) is 17.9 Å². The van der Waals surface area contributed by atoms with Crippen molar-refractivity contribution in [3.63, 3.8) is 0 Å². The molecule has 1 saturated heterocycles. The number of unbranched alkanes of at least 4 members (excludes halogenated alkanes) is 4. The third-order valence-corrected chi connectivity index (χ3v) is 6.20. The highest BCUT2D eigenvalue weighted by atomic mass is 16.5. The maximum Gasteiger partial charge on any atom is 0.320 e. The Kier molecular flexibility index (Phi) is 6.64. The summed E-state index contributed by atoms with van der Waals surface area (Å²) < 4.78 is 12.0. The minimum atomic E-state index is -0.747. The lowest BCUT2D eigenvalue weighted by atomic mass is 9.74. The third-order valence-electron chi connectivity index (χ3n) is 6.20. The summed E-state index contributed by atoms with van der Waals surface area (Å²) in [6.45, 7) is 7.04. The monoisotopic (exact) mass is 375 g/mol. The second-order valence-corrected chi connectivity index (χ2v) is 8.04. The van der Waals surface area contributed by atoms with E-state index in [1.54, 1.807) is 6.92 Å². The van der Waals surface area contributed by atoms with Gasteiger partial charge >= 0.3 is 5.97 Å². The van der Waals surface area contributed by atoms with Crippen molar-refractivity contribution in [2.24, 2.45) is 0 Å². The Hall–Kier alpha value is -1.75. The van der Waals surface area contributed by atoms with Gasteiger partial charge < -0.3 is 14.6 Å². The Morgan fingerprint density at radius 1 is 1.26 bits per heavy atom. The molecular weight excluding hydrogens is 342 g/mol. The fourth-order valence-corrected chi connectivity index (χ4v) is 4.24. The van der Waals surface area contributed by atoms with Gasteiger partial charge in [-0.15, -0.1) is 0 Å². The minimum absolute atomic E-state index is 0.00452. The number of fused-ring (bicyclic) bond motifs is 2. The molecule has 1 N–H and O–H groups in total. The minimum Gasteiger partial charge on any atom is -0.494 e. The molecule has 0 amide bonds. The van der Waals surface area contributed by atoms with Gasteiger partial charge in [-0.2, -0.15) is 0 Å². The van der Waals surface area contributed by atoms with Crippen LogP contribution in [0, 0.1) is 0 Å². The molecule has 0 radical (unpaired) electrons. The Bertz CT molecular complexity index is 637. The van der Waals surface area contributed by atoms with Crippen molar-refractivity contribution in [2.75, 3.05) is 26.3 Å². The van der Waals surface area contributed by atoms with Gasteiger partial charge in [-0.05, 0) is 57.5 Å². The van der Waals surface area contributed by atoms with E-state index in [-0.39, 0.29) is 5.41 Å². The third kappa shape index (κ3) is 4.57. The number of ether oxygens (including phenoxy) is 2. The van der Waals surface area contributed by atoms with E-state index in [1.165, 1.54) is 31.2 Å². The Morgan fingerprint density at radius 3 is 2.70 bits per heavy atom. The normalized spacial score (nSPS) is 19.5. The number of likely N-dealkylation sites (tertiary alicyclic amines) is 1. The van der Waals surface area contributed by atoms with Crippen molar-refractivity contribution >= 4 is 5.97 Å². The summed E-state index contributed by atoms with van der Waals surface area (Å²) >= 11 is 0. The summed E-state index contributed by atoms with van der Waals surface area (Å²) in [7, 11) is 0. The number of piperidine rings is 1. The molecule has 3 rings (SSSR count). The molecule has 0 aromatic heterocycles. The van der Waals surface area contributed by atoms with Gasteiger partial charge in [-0.25, -0.2) is 0 Å². The van der Waals surface area contributed by atoms with E-state index in [0.717, 1.165) is 50.5 Å². The lowest BCUT2D eigenvalue weighted by molar-refractivity contribution is -0.143. The summed E-state index contributed by atoms with van der Waals surface area (Å²) in [4.78, 5) is 13.3. The molecule has 0 bridgehead atoms. The van der Waals surface area contributed by atoms with Crippen LogP contribution in [0.2, 0.25) is 0 Å². The average Bonchev–Trinajstić information content (AvgIpc) is 3.02. The van der Waals surface area contributed by atoms with Crippen molar-refractivity contribution in [3.8, 4) is 11.5 Å². The molecular formula is C22H33NO4. The fraction of sp³-hybridized carbons (Fsp3) is 0.682. The van der Waals surface area contributed by atoms with Crippen LogP contribution < -0.4 is 9.47 Å². The van der Waals surface area contributed by atoms with Gasteiger partial charge in [0.2, 0.25) is 0 Å². The van der Waals surface area contributed by atoms with Crippen LogP contribution in [-0.4, -0.2) is 48.3 Å². The highest BCUT2D eigenvalue weighted by Gasteiger charge is 2.44. The predicted octanol–water partition coefficient (Wildman–Crippen LogP) is 4.23. The number of carbonyl (C=O) groups is 1. The van der Waals surface area contributed by atoms with E-state index < -0.39 is 12.0 Å². The summed E-state index contributed by atoms with van der Waals surface area (Å²) in [5.74, 6) is 1.14. The molecule has 0 saturated carbocycles. The summed E-state index contributed by atoms with van der Waals surface area (Å²) in [6, 6.07) is 5.77. The van der Waals surface area contributed by atoms with E-state index >= 15 is 0 Å². The molecule has 5 heteroatoms. The summed E-state index contributed by atoms with van der Waals surface area (Å²) in [6.07, 6.45) is 8.03. The van der Waals surface area contributed by atoms with Crippen molar-refractivity contribution in [2.45, 2.75) is 70.3 Å². The zero-order valence-electron chi connectivity index (χ0n) is 16.7. The molecule has 27 heavy (non-hydrogen) atoms. The number of aliphatic carboxylic acids is 1. The summed E-state index contributed by atoms with van der Waals surface area (Å²) in [5.41, 5.74) is 1.25. The standard InChI is InChI=1S/C22H33NO4/c1-3-4-5-6-7-14-26-18-8-9-20-19(15-18)22(16-27-20)10-12-23(13-11-22)17(2)21(24)25/h8-9,15,17H,3-7,10-14,16H2,1-2H3,(H,24,25). The molecule has 2 aliphatic heterocycles.